The summed E-state index contributed by atoms with van der Waals surface area (Å²) < 4.78 is 1.94. The van der Waals surface area contributed by atoms with E-state index in [2.05, 4.69) is 5.10 Å². The summed E-state index contributed by atoms with van der Waals surface area (Å²) >= 11 is 6.18. The highest BCUT2D eigenvalue weighted by molar-refractivity contribution is 6.31. The zero-order chi connectivity index (χ0) is 17.1. The number of carbonyl (C=O) groups excluding carboxylic acids is 1. The average molecular weight is 350 g/mol. The monoisotopic (exact) mass is 349 g/mol. The van der Waals surface area contributed by atoms with Gasteiger partial charge in [0.1, 0.15) is 12.7 Å². The summed E-state index contributed by atoms with van der Waals surface area (Å²) in [4.78, 5) is 13.3. The molecule has 1 saturated heterocycles. The molecule has 3 heterocycles. The van der Waals surface area contributed by atoms with E-state index in [1.165, 1.54) is 0 Å². The van der Waals surface area contributed by atoms with Crippen molar-refractivity contribution in [2.24, 2.45) is 5.92 Å². The van der Waals surface area contributed by atoms with E-state index in [0.29, 0.717) is 18.1 Å². The summed E-state index contributed by atoms with van der Waals surface area (Å²) in [5.41, 5.74) is 1.22. The number of aromatic nitrogens is 2. The number of carbonyl (C=O) groups is 1. The zero-order valence-electron chi connectivity index (χ0n) is 13.4. The van der Waals surface area contributed by atoms with Crippen molar-refractivity contribution in [2.75, 3.05) is 19.7 Å². The lowest BCUT2D eigenvalue weighted by molar-refractivity contribution is -0.136. The Bertz CT molecular complexity index is 813. The highest BCUT2D eigenvalue weighted by atomic mass is 35.5. The van der Waals surface area contributed by atoms with Gasteiger partial charge in [0.25, 0.3) is 0 Å². The summed E-state index contributed by atoms with van der Waals surface area (Å²) in [6, 6.07) is 3.69. The molecule has 2 atom stereocenters. The Kier molecular flexibility index (Phi) is 3.60. The fraction of sp³-hybridized carbons (Fsp3) is 0.529. The molecule has 0 bridgehead atoms. The zero-order valence-corrected chi connectivity index (χ0v) is 14.2. The van der Waals surface area contributed by atoms with Gasteiger partial charge in [-0.25, -0.2) is 0 Å². The van der Waals surface area contributed by atoms with Gasteiger partial charge in [0.2, 0.25) is 5.91 Å². The number of aliphatic hydroxyl groups is 2. The Balaban J connectivity index is 1.68. The first-order valence-corrected chi connectivity index (χ1v) is 8.59. The van der Waals surface area contributed by atoms with Crippen molar-refractivity contribution in [3.8, 4) is 0 Å². The van der Waals surface area contributed by atoms with Crippen LogP contribution in [0.5, 0.6) is 0 Å². The molecular formula is C17H20ClN3O3. The minimum atomic E-state index is -0.674. The predicted octanol–water partition coefficient (Wildman–Crippen LogP) is 1.68. The Labute approximate surface area is 144 Å². The van der Waals surface area contributed by atoms with Crippen molar-refractivity contribution in [1.82, 2.24) is 14.7 Å². The molecule has 1 fully saturated rings. The lowest BCUT2D eigenvalue weighted by atomic mass is 9.75. The molecular weight excluding hydrogens is 330 g/mol. The molecule has 1 unspecified atom stereocenters. The molecule has 0 spiro atoms. The highest BCUT2D eigenvalue weighted by Gasteiger charge is 2.50. The number of piperidine rings is 1. The number of aliphatic hydroxyl groups excluding tert-OH is 2. The maximum atomic E-state index is 11.7. The molecule has 2 aliphatic rings. The normalized spacial score (nSPS) is 27.2. The number of amides is 1. The maximum Gasteiger partial charge on any atom is 0.248 e. The second-order valence-corrected chi connectivity index (χ2v) is 7.37. The van der Waals surface area contributed by atoms with Crippen LogP contribution in [0.1, 0.15) is 31.4 Å². The molecule has 2 aliphatic heterocycles. The molecule has 1 amide bonds. The SMILES string of the molecule is CC1(C2CCN(C(=O)CO)CC2)[C@H](O)c2cc(Cl)cc3cnn1c23. The van der Waals surface area contributed by atoms with Crippen LogP contribution in [-0.2, 0) is 10.3 Å². The third kappa shape index (κ3) is 2.03. The van der Waals surface area contributed by atoms with Gasteiger partial charge in [0, 0.05) is 29.1 Å². The van der Waals surface area contributed by atoms with Gasteiger partial charge in [-0.1, -0.05) is 11.6 Å². The average Bonchev–Trinajstić information content (AvgIpc) is 3.11. The number of rotatable bonds is 2. The summed E-state index contributed by atoms with van der Waals surface area (Å²) in [7, 11) is 0. The third-order valence-electron chi connectivity index (χ3n) is 5.77. The fourth-order valence-electron chi connectivity index (χ4n) is 4.38. The lowest BCUT2D eigenvalue weighted by Gasteiger charge is -2.42. The Hall–Kier alpha value is -1.63. The van der Waals surface area contributed by atoms with Crippen LogP contribution in [0.15, 0.2) is 18.3 Å². The minimum Gasteiger partial charge on any atom is -0.387 e. The quantitative estimate of drug-likeness (QED) is 0.864. The topological polar surface area (TPSA) is 78.6 Å². The molecule has 2 N–H and O–H groups in total. The molecule has 24 heavy (non-hydrogen) atoms. The molecule has 0 radical (unpaired) electrons. The van der Waals surface area contributed by atoms with Gasteiger partial charge >= 0.3 is 0 Å². The van der Waals surface area contributed by atoms with Crippen LogP contribution in [-0.4, -0.2) is 50.5 Å². The molecule has 4 rings (SSSR count). The predicted molar refractivity (Wildman–Crippen MR) is 89.7 cm³/mol. The number of hydrogen-bond donors (Lipinski definition) is 2. The number of benzene rings is 1. The molecule has 2 aromatic rings. The third-order valence-corrected chi connectivity index (χ3v) is 5.99. The van der Waals surface area contributed by atoms with E-state index in [1.807, 2.05) is 23.7 Å². The smallest absolute Gasteiger partial charge is 0.248 e. The van der Waals surface area contributed by atoms with Gasteiger partial charge in [-0.05, 0) is 37.8 Å². The fourth-order valence-corrected chi connectivity index (χ4v) is 4.61. The first-order valence-electron chi connectivity index (χ1n) is 8.21. The van der Waals surface area contributed by atoms with Crippen molar-refractivity contribution in [2.45, 2.75) is 31.4 Å². The first-order chi connectivity index (χ1) is 11.5. The van der Waals surface area contributed by atoms with Crippen LogP contribution in [0.4, 0.5) is 0 Å². The molecule has 1 aromatic heterocycles. The summed E-state index contributed by atoms with van der Waals surface area (Å²) in [5, 5.41) is 26.1. The molecule has 128 valence electrons. The van der Waals surface area contributed by atoms with Crippen LogP contribution in [0.2, 0.25) is 5.02 Å². The first kappa shape index (κ1) is 15.9. The summed E-state index contributed by atoms with van der Waals surface area (Å²) in [6.45, 7) is 2.77. The second kappa shape index (κ2) is 5.44. The van der Waals surface area contributed by atoms with E-state index < -0.39 is 18.2 Å². The minimum absolute atomic E-state index is 0.185. The van der Waals surface area contributed by atoms with Crippen LogP contribution >= 0.6 is 11.6 Å². The van der Waals surface area contributed by atoms with Crippen LogP contribution in [0.25, 0.3) is 10.9 Å². The molecule has 7 heteroatoms. The summed E-state index contributed by atoms with van der Waals surface area (Å²) in [6.07, 6.45) is 2.65. The number of halogens is 1. The molecule has 0 aliphatic carbocycles. The van der Waals surface area contributed by atoms with Gasteiger partial charge in [-0.15, -0.1) is 0 Å². The van der Waals surface area contributed by atoms with Crippen molar-refractivity contribution in [3.05, 3.63) is 28.9 Å². The summed E-state index contributed by atoms with van der Waals surface area (Å²) in [5.74, 6) is -0.0494. The van der Waals surface area contributed by atoms with E-state index >= 15 is 0 Å². The van der Waals surface area contributed by atoms with Gasteiger partial charge < -0.3 is 15.1 Å². The van der Waals surface area contributed by atoms with Gasteiger partial charge in [-0.2, -0.15) is 5.10 Å². The van der Waals surface area contributed by atoms with E-state index in [0.717, 1.165) is 29.3 Å². The van der Waals surface area contributed by atoms with Crippen molar-refractivity contribution >= 4 is 28.4 Å². The van der Waals surface area contributed by atoms with Crippen LogP contribution in [0.3, 0.4) is 0 Å². The van der Waals surface area contributed by atoms with E-state index in [-0.39, 0.29) is 11.8 Å². The number of likely N-dealkylation sites (tertiary alicyclic amines) is 1. The maximum absolute atomic E-state index is 11.7. The van der Waals surface area contributed by atoms with Crippen molar-refractivity contribution in [1.29, 1.82) is 0 Å². The number of hydrogen-bond acceptors (Lipinski definition) is 4. The Morgan fingerprint density at radius 3 is 2.79 bits per heavy atom. The van der Waals surface area contributed by atoms with Gasteiger partial charge in [0.05, 0.1) is 17.3 Å². The largest absolute Gasteiger partial charge is 0.387 e. The van der Waals surface area contributed by atoms with Gasteiger partial charge in [0.15, 0.2) is 0 Å². The number of nitrogens with zero attached hydrogens (tertiary/aromatic N) is 3. The van der Waals surface area contributed by atoms with Gasteiger partial charge in [-0.3, -0.25) is 9.48 Å². The molecule has 1 aromatic carbocycles. The van der Waals surface area contributed by atoms with Crippen LogP contribution in [0, 0.1) is 5.92 Å². The Morgan fingerprint density at radius 1 is 1.42 bits per heavy atom. The highest BCUT2D eigenvalue weighted by Crippen LogP contribution is 2.51. The van der Waals surface area contributed by atoms with E-state index in [9.17, 15) is 9.90 Å². The van der Waals surface area contributed by atoms with Crippen molar-refractivity contribution < 1.29 is 15.0 Å². The Morgan fingerprint density at radius 2 is 2.12 bits per heavy atom. The van der Waals surface area contributed by atoms with Crippen LogP contribution < -0.4 is 0 Å². The molecule has 6 nitrogen and oxygen atoms in total. The standard InChI is InChI=1S/C17H20ClN3O3/c1-17(11-2-4-20(5-3-11)14(23)9-22)16(24)13-7-12(18)6-10-8-19-21(17)15(10)13/h6-8,11,16,22,24H,2-5,9H2,1H3/t16-,17?/m1/s1. The van der Waals surface area contributed by atoms with E-state index in [4.69, 9.17) is 16.7 Å². The molecule has 0 saturated carbocycles. The second-order valence-electron chi connectivity index (χ2n) is 6.93. The van der Waals surface area contributed by atoms with Crippen molar-refractivity contribution in [3.63, 3.8) is 0 Å². The van der Waals surface area contributed by atoms with E-state index in [1.54, 1.807) is 11.1 Å². The lowest BCUT2D eigenvalue weighted by Crippen LogP contribution is -2.48.